The summed E-state index contributed by atoms with van der Waals surface area (Å²) in [5.41, 5.74) is 0.0310. The summed E-state index contributed by atoms with van der Waals surface area (Å²) in [5.74, 6) is 0. The Morgan fingerprint density at radius 2 is 2.57 bits per heavy atom. The summed E-state index contributed by atoms with van der Waals surface area (Å²) >= 11 is 0. The number of nitrogens with zero attached hydrogens (tertiary/aromatic N) is 2. The topological polar surface area (TPSA) is 67.3 Å². The zero-order valence-corrected chi connectivity index (χ0v) is 7.81. The Bertz CT molecular complexity index is 285. The van der Waals surface area contributed by atoms with Crippen LogP contribution in [0.2, 0.25) is 0 Å². The molecule has 1 aromatic rings. The predicted molar refractivity (Wildman–Crippen MR) is 49.6 cm³/mol. The fourth-order valence-corrected chi connectivity index (χ4v) is 1.57. The minimum absolute atomic E-state index is 0.0724. The van der Waals surface area contributed by atoms with E-state index in [-0.39, 0.29) is 6.61 Å². The van der Waals surface area contributed by atoms with Gasteiger partial charge in [0.15, 0.2) is 0 Å². The molecule has 1 aromatic heterocycles. The van der Waals surface area contributed by atoms with E-state index < -0.39 is 5.60 Å². The van der Waals surface area contributed by atoms with E-state index in [2.05, 4.69) is 15.3 Å². The molecule has 0 saturated carbocycles. The van der Waals surface area contributed by atoms with Crippen molar-refractivity contribution < 1.29 is 9.84 Å². The molecule has 2 heterocycles. The van der Waals surface area contributed by atoms with Crippen LogP contribution in [0.5, 0.6) is 0 Å². The van der Waals surface area contributed by atoms with Crippen LogP contribution in [0.4, 0.5) is 0 Å². The van der Waals surface area contributed by atoms with Crippen molar-refractivity contribution in [1.29, 1.82) is 0 Å². The van der Waals surface area contributed by atoms with Crippen LogP contribution in [0.3, 0.4) is 0 Å². The summed E-state index contributed by atoms with van der Waals surface area (Å²) in [7, 11) is 0. The first-order valence-corrected chi connectivity index (χ1v) is 4.59. The zero-order chi connectivity index (χ0) is 9.86. The number of ether oxygens (including phenoxy) is 1. The maximum absolute atomic E-state index is 9.37. The third-order valence-electron chi connectivity index (χ3n) is 2.37. The second kappa shape index (κ2) is 4.00. The van der Waals surface area contributed by atoms with E-state index in [1.807, 2.05) is 0 Å². The number of aliphatic hydroxyl groups is 1. The van der Waals surface area contributed by atoms with Gasteiger partial charge in [0.25, 0.3) is 0 Å². The molecule has 76 valence electrons. The van der Waals surface area contributed by atoms with Crippen LogP contribution in [0, 0.1) is 0 Å². The first-order chi connectivity index (χ1) is 6.87. The van der Waals surface area contributed by atoms with Gasteiger partial charge >= 0.3 is 0 Å². The summed E-state index contributed by atoms with van der Waals surface area (Å²) in [6.45, 7) is 1.91. The van der Waals surface area contributed by atoms with Crippen molar-refractivity contribution in [1.82, 2.24) is 15.3 Å². The van der Waals surface area contributed by atoms with Gasteiger partial charge in [0.1, 0.15) is 11.9 Å². The van der Waals surface area contributed by atoms with E-state index in [9.17, 15) is 5.11 Å². The molecule has 0 bridgehead atoms. The molecule has 0 spiro atoms. The summed E-state index contributed by atoms with van der Waals surface area (Å²) in [5, 5.41) is 12.5. The molecular weight excluding hydrogens is 182 g/mol. The standard InChI is InChI=1S/C9H13N3O2/c13-6-9(5-10-3-4-14-9)8-1-2-11-7-12-8/h1-2,7,10,13H,3-6H2. The van der Waals surface area contributed by atoms with E-state index in [4.69, 9.17) is 4.74 Å². The molecule has 0 aliphatic carbocycles. The maximum atomic E-state index is 9.37. The fraction of sp³-hybridized carbons (Fsp3) is 0.556. The molecule has 1 aliphatic heterocycles. The van der Waals surface area contributed by atoms with E-state index >= 15 is 0 Å². The van der Waals surface area contributed by atoms with Crippen LogP contribution in [0.25, 0.3) is 0 Å². The van der Waals surface area contributed by atoms with Gasteiger partial charge in [-0.2, -0.15) is 0 Å². The number of rotatable bonds is 2. The number of morpholine rings is 1. The van der Waals surface area contributed by atoms with Crippen molar-refractivity contribution in [3.05, 3.63) is 24.3 Å². The van der Waals surface area contributed by atoms with Gasteiger partial charge in [-0.05, 0) is 6.07 Å². The van der Waals surface area contributed by atoms with Crippen molar-refractivity contribution in [3.63, 3.8) is 0 Å². The van der Waals surface area contributed by atoms with E-state index in [0.29, 0.717) is 13.2 Å². The second-order valence-electron chi connectivity index (χ2n) is 3.27. The van der Waals surface area contributed by atoms with Gasteiger partial charge in [-0.15, -0.1) is 0 Å². The van der Waals surface area contributed by atoms with E-state index in [1.54, 1.807) is 12.3 Å². The lowest BCUT2D eigenvalue weighted by molar-refractivity contribution is -0.104. The minimum Gasteiger partial charge on any atom is -0.393 e. The Hall–Kier alpha value is -1.04. The molecule has 14 heavy (non-hydrogen) atoms. The van der Waals surface area contributed by atoms with Crippen LogP contribution in [0.1, 0.15) is 5.69 Å². The van der Waals surface area contributed by atoms with Gasteiger partial charge in [-0.1, -0.05) is 0 Å². The molecule has 0 radical (unpaired) electrons. The Morgan fingerprint density at radius 3 is 3.14 bits per heavy atom. The van der Waals surface area contributed by atoms with Gasteiger partial charge in [-0.25, -0.2) is 9.97 Å². The van der Waals surface area contributed by atoms with Crippen LogP contribution < -0.4 is 5.32 Å². The average Bonchev–Trinajstić information content (AvgIpc) is 2.31. The molecular formula is C9H13N3O2. The van der Waals surface area contributed by atoms with Crippen LogP contribution >= 0.6 is 0 Å². The lowest BCUT2D eigenvalue weighted by Crippen LogP contribution is -2.50. The highest BCUT2D eigenvalue weighted by molar-refractivity contribution is 5.12. The lowest BCUT2D eigenvalue weighted by atomic mass is 9.99. The molecule has 1 atom stereocenters. The van der Waals surface area contributed by atoms with Crippen molar-refractivity contribution >= 4 is 0 Å². The van der Waals surface area contributed by atoms with Crippen LogP contribution in [-0.4, -0.2) is 41.4 Å². The van der Waals surface area contributed by atoms with Crippen molar-refractivity contribution in [2.24, 2.45) is 0 Å². The smallest absolute Gasteiger partial charge is 0.145 e. The van der Waals surface area contributed by atoms with E-state index in [0.717, 1.165) is 12.2 Å². The predicted octanol–water partition coefficient (Wildman–Crippen LogP) is -0.716. The second-order valence-corrected chi connectivity index (χ2v) is 3.27. The quantitative estimate of drug-likeness (QED) is 0.652. The Labute approximate surface area is 82.1 Å². The van der Waals surface area contributed by atoms with Crippen molar-refractivity contribution in [3.8, 4) is 0 Å². The molecule has 2 N–H and O–H groups in total. The summed E-state index contributed by atoms with van der Waals surface area (Å²) < 4.78 is 5.60. The normalized spacial score (nSPS) is 27.5. The molecule has 5 heteroatoms. The number of aromatic nitrogens is 2. The van der Waals surface area contributed by atoms with Gasteiger partial charge in [0, 0.05) is 19.3 Å². The molecule has 1 fully saturated rings. The van der Waals surface area contributed by atoms with Crippen molar-refractivity contribution in [2.45, 2.75) is 5.60 Å². The van der Waals surface area contributed by atoms with Gasteiger partial charge in [0.2, 0.25) is 0 Å². The summed E-state index contributed by atoms with van der Waals surface area (Å²) in [6, 6.07) is 1.77. The molecule has 1 saturated heterocycles. The first-order valence-electron chi connectivity index (χ1n) is 4.59. The van der Waals surface area contributed by atoms with Gasteiger partial charge in [0.05, 0.1) is 18.9 Å². The van der Waals surface area contributed by atoms with Crippen molar-refractivity contribution in [2.75, 3.05) is 26.3 Å². The first kappa shape index (κ1) is 9.51. The summed E-state index contributed by atoms with van der Waals surface area (Å²) in [6.07, 6.45) is 3.11. The van der Waals surface area contributed by atoms with Gasteiger partial charge in [-0.3, -0.25) is 0 Å². The molecule has 1 unspecified atom stereocenters. The SMILES string of the molecule is OCC1(c2ccncn2)CNCCO1. The number of hydrogen-bond donors (Lipinski definition) is 2. The minimum atomic E-state index is -0.693. The summed E-state index contributed by atoms with van der Waals surface area (Å²) in [4.78, 5) is 7.95. The monoisotopic (exact) mass is 195 g/mol. The number of hydrogen-bond acceptors (Lipinski definition) is 5. The maximum Gasteiger partial charge on any atom is 0.145 e. The molecule has 5 nitrogen and oxygen atoms in total. The Morgan fingerprint density at radius 1 is 1.64 bits per heavy atom. The van der Waals surface area contributed by atoms with E-state index in [1.165, 1.54) is 6.33 Å². The average molecular weight is 195 g/mol. The fourth-order valence-electron chi connectivity index (χ4n) is 1.57. The highest BCUT2D eigenvalue weighted by Crippen LogP contribution is 2.23. The number of nitrogens with one attached hydrogen (secondary N) is 1. The van der Waals surface area contributed by atoms with Crippen LogP contribution in [-0.2, 0) is 10.3 Å². The third kappa shape index (κ3) is 1.61. The zero-order valence-electron chi connectivity index (χ0n) is 7.81. The number of aliphatic hydroxyl groups excluding tert-OH is 1. The highest BCUT2D eigenvalue weighted by atomic mass is 16.5. The van der Waals surface area contributed by atoms with Crippen LogP contribution in [0.15, 0.2) is 18.6 Å². The Balaban J connectivity index is 2.27. The largest absolute Gasteiger partial charge is 0.393 e. The molecule has 0 amide bonds. The third-order valence-corrected chi connectivity index (χ3v) is 2.37. The molecule has 2 rings (SSSR count). The highest BCUT2D eigenvalue weighted by Gasteiger charge is 2.35. The Kier molecular flexibility index (Phi) is 2.72. The molecule has 0 aromatic carbocycles. The lowest BCUT2D eigenvalue weighted by Gasteiger charge is -2.35. The van der Waals surface area contributed by atoms with Gasteiger partial charge < -0.3 is 15.2 Å². The molecule has 1 aliphatic rings.